The number of hydrogen-bond acceptors (Lipinski definition) is 3. The summed E-state index contributed by atoms with van der Waals surface area (Å²) in [4.78, 5) is 16.7. The summed E-state index contributed by atoms with van der Waals surface area (Å²) in [5.41, 5.74) is -0.370. The number of hydrogen-bond donors (Lipinski definition) is 0. The quantitative estimate of drug-likeness (QED) is 0.832. The highest BCUT2D eigenvalue weighted by atomic mass is 32.2. The number of carbonyl (C=O) groups excluding carboxylic acids is 1. The van der Waals surface area contributed by atoms with Gasteiger partial charge in [0.15, 0.2) is 5.17 Å². The van der Waals surface area contributed by atoms with Gasteiger partial charge in [-0.25, -0.2) is 4.79 Å². The molecule has 0 saturated carbocycles. The Morgan fingerprint density at radius 3 is 2.90 bits per heavy atom. The predicted octanol–water partition coefficient (Wildman–Crippen LogP) is 3.77. The number of alkyl halides is 3. The van der Waals surface area contributed by atoms with Gasteiger partial charge in [0, 0.05) is 18.0 Å². The summed E-state index contributed by atoms with van der Waals surface area (Å²) in [5.74, 6) is 0.647. The predicted molar refractivity (Wildman–Crippen MR) is 75.7 cm³/mol. The van der Waals surface area contributed by atoms with Gasteiger partial charge in [-0.1, -0.05) is 17.8 Å². The highest BCUT2D eigenvalue weighted by Crippen LogP contribution is 2.33. The van der Waals surface area contributed by atoms with E-state index in [1.165, 1.54) is 17.8 Å². The molecule has 1 heterocycles. The molecule has 1 amide bonds. The van der Waals surface area contributed by atoms with E-state index in [0.29, 0.717) is 23.2 Å². The lowest BCUT2D eigenvalue weighted by Gasteiger charge is -2.19. The number of anilines is 1. The van der Waals surface area contributed by atoms with Crippen molar-refractivity contribution in [3.8, 4) is 0 Å². The molecule has 8 heteroatoms. The maximum absolute atomic E-state index is 12.7. The van der Waals surface area contributed by atoms with Crippen LogP contribution in [0.25, 0.3) is 0 Å². The molecular weight excluding hydrogens is 305 g/mol. The Bertz CT molecular complexity index is 561. The summed E-state index contributed by atoms with van der Waals surface area (Å²) in [5, 5.41) is 0.354. The minimum atomic E-state index is -4.40. The topological polar surface area (TPSA) is 41.9 Å². The Labute approximate surface area is 124 Å². The number of aliphatic imine (C=N–C) groups is 1. The Morgan fingerprint density at radius 1 is 1.48 bits per heavy atom. The zero-order valence-electron chi connectivity index (χ0n) is 11.2. The molecule has 1 aliphatic heterocycles. The van der Waals surface area contributed by atoms with Gasteiger partial charge in [0.2, 0.25) is 0 Å². The zero-order chi connectivity index (χ0) is 15.5. The molecule has 1 fully saturated rings. The van der Waals surface area contributed by atoms with Gasteiger partial charge in [-0.2, -0.15) is 18.2 Å². The fourth-order valence-corrected chi connectivity index (χ4v) is 2.77. The van der Waals surface area contributed by atoms with E-state index >= 15 is 0 Å². The second kappa shape index (κ2) is 6.38. The van der Waals surface area contributed by atoms with E-state index in [9.17, 15) is 18.0 Å². The van der Waals surface area contributed by atoms with Crippen molar-refractivity contribution in [1.82, 2.24) is 0 Å². The monoisotopic (exact) mass is 318 g/mol. The van der Waals surface area contributed by atoms with E-state index in [0.717, 1.165) is 12.1 Å². The third-order valence-corrected chi connectivity index (χ3v) is 3.67. The van der Waals surface area contributed by atoms with Crippen LogP contribution in [0.2, 0.25) is 0 Å². The smallest absolute Gasteiger partial charge is 0.436 e. The van der Waals surface area contributed by atoms with Gasteiger partial charge in [0.05, 0.1) is 12.2 Å². The molecule has 1 aromatic rings. The van der Waals surface area contributed by atoms with Crippen LogP contribution >= 0.6 is 11.8 Å². The number of rotatable bonds is 2. The molecule has 4 nitrogen and oxygen atoms in total. The third-order valence-electron chi connectivity index (χ3n) is 2.72. The highest BCUT2D eigenvalue weighted by molar-refractivity contribution is 8.14. The molecule has 1 aromatic carbocycles. The van der Waals surface area contributed by atoms with E-state index < -0.39 is 17.8 Å². The average molecular weight is 318 g/mol. The van der Waals surface area contributed by atoms with Gasteiger partial charge >= 0.3 is 12.3 Å². The maximum atomic E-state index is 12.7. The lowest BCUT2D eigenvalue weighted by atomic mass is 10.2. The first-order valence-corrected chi connectivity index (χ1v) is 7.23. The van der Waals surface area contributed by atoms with Gasteiger partial charge in [-0.3, -0.25) is 0 Å². The minimum absolute atomic E-state index is 0.198. The highest BCUT2D eigenvalue weighted by Gasteiger charge is 2.32. The molecule has 0 spiro atoms. The summed E-state index contributed by atoms with van der Waals surface area (Å²) in [7, 11) is 0. The van der Waals surface area contributed by atoms with Gasteiger partial charge in [0.25, 0.3) is 0 Å². The molecule has 0 atom stereocenters. The summed E-state index contributed by atoms with van der Waals surface area (Å²) < 4.78 is 42.9. The molecule has 114 valence electrons. The molecule has 21 heavy (non-hydrogen) atoms. The van der Waals surface area contributed by atoms with Crippen molar-refractivity contribution in [2.24, 2.45) is 4.99 Å². The summed E-state index contributed by atoms with van der Waals surface area (Å²) in [6.45, 7) is 2.35. The summed E-state index contributed by atoms with van der Waals surface area (Å²) in [6.07, 6.45) is -5.14. The van der Waals surface area contributed by atoms with Crippen LogP contribution in [0.4, 0.5) is 23.7 Å². The number of amides is 1. The Kier molecular flexibility index (Phi) is 4.76. The molecule has 0 aromatic heterocycles. The fraction of sp³-hybridized carbons (Fsp3) is 0.385. The number of carbonyl (C=O) groups is 1. The maximum Gasteiger partial charge on any atom is 0.436 e. The van der Waals surface area contributed by atoms with Gasteiger partial charge in [0.1, 0.15) is 0 Å². The normalized spacial score (nSPS) is 17.3. The van der Waals surface area contributed by atoms with Gasteiger partial charge < -0.3 is 9.64 Å². The molecule has 0 aliphatic carbocycles. The summed E-state index contributed by atoms with van der Waals surface area (Å²) in [6, 6.07) is 4.95. The third kappa shape index (κ3) is 3.90. The van der Waals surface area contributed by atoms with Crippen molar-refractivity contribution >= 4 is 28.7 Å². The van der Waals surface area contributed by atoms with Crippen LogP contribution in [0.3, 0.4) is 0 Å². The first-order valence-electron chi connectivity index (χ1n) is 6.25. The second-order valence-electron chi connectivity index (χ2n) is 4.14. The molecule has 1 saturated heterocycles. The fourth-order valence-electron chi connectivity index (χ4n) is 1.82. The standard InChI is InChI=1S/C13H13F3N2O2S/c1-2-20-12(19)17-11-18(6-7-21-11)10-5-3-4-9(8-10)13(14,15)16/h3-5,8H,2,6-7H2,1H3. The van der Waals surface area contributed by atoms with Crippen LogP contribution in [-0.2, 0) is 10.9 Å². The van der Waals surface area contributed by atoms with Crippen molar-refractivity contribution in [2.45, 2.75) is 13.1 Å². The van der Waals surface area contributed by atoms with Crippen LogP contribution in [0.1, 0.15) is 12.5 Å². The Hall–Kier alpha value is -1.70. The van der Waals surface area contributed by atoms with Crippen molar-refractivity contribution in [2.75, 3.05) is 23.8 Å². The SMILES string of the molecule is CCOC(=O)N=C1SCCN1c1cccc(C(F)(F)F)c1. The van der Waals surface area contributed by atoms with Gasteiger partial charge in [-0.05, 0) is 25.1 Å². The van der Waals surface area contributed by atoms with Crippen molar-refractivity contribution in [3.63, 3.8) is 0 Å². The average Bonchev–Trinajstić information content (AvgIpc) is 2.86. The van der Waals surface area contributed by atoms with Crippen LogP contribution in [0.15, 0.2) is 29.3 Å². The molecule has 0 unspecified atom stereocenters. The Balaban J connectivity index is 2.26. The first-order chi connectivity index (χ1) is 9.91. The molecule has 0 bridgehead atoms. The van der Waals surface area contributed by atoms with Crippen LogP contribution in [-0.4, -0.2) is 30.2 Å². The molecular formula is C13H13F3N2O2S. The second-order valence-corrected chi connectivity index (χ2v) is 5.20. The molecule has 1 aliphatic rings. The number of amidine groups is 1. The van der Waals surface area contributed by atoms with E-state index in [2.05, 4.69) is 4.99 Å². The molecule has 0 radical (unpaired) electrons. The summed E-state index contributed by atoms with van der Waals surface area (Å²) >= 11 is 1.31. The number of ether oxygens (including phenoxy) is 1. The van der Waals surface area contributed by atoms with E-state index in [4.69, 9.17) is 4.74 Å². The van der Waals surface area contributed by atoms with Crippen molar-refractivity contribution in [3.05, 3.63) is 29.8 Å². The zero-order valence-corrected chi connectivity index (χ0v) is 12.0. The lowest BCUT2D eigenvalue weighted by molar-refractivity contribution is -0.137. The van der Waals surface area contributed by atoms with Crippen molar-refractivity contribution in [1.29, 1.82) is 0 Å². The largest absolute Gasteiger partial charge is 0.448 e. The van der Waals surface area contributed by atoms with Crippen LogP contribution in [0.5, 0.6) is 0 Å². The number of benzene rings is 1. The lowest BCUT2D eigenvalue weighted by Crippen LogP contribution is -2.25. The van der Waals surface area contributed by atoms with E-state index in [-0.39, 0.29) is 6.61 Å². The number of halogens is 3. The van der Waals surface area contributed by atoms with Crippen LogP contribution < -0.4 is 4.90 Å². The first kappa shape index (κ1) is 15.7. The van der Waals surface area contributed by atoms with Gasteiger partial charge in [-0.15, -0.1) is 0 Å². The Morgan fingerprint density at radius 2 is 2.24 bits per heavy atom. The molecule has 2 rings (SSSR count). The number of nitrogens with zero attached hydrogens (tertiary/aromatic N) is 2. The van der Waals surface area contributed by atoms with E-state index in [1.807, 2.05) is 0 Å². The van der Waals surface area contributed by atoms with Crippen LogP contribution in [0, 0.1) is 0 Å². The minimum Gasteiger partial charge on any atom is -0.448 e. The van der Waals surface area contributed by atoms with E-state index in [1.54, 1.807) is 17.9 Å². The molecule has 0 N–H and O–H groups in total. The van der Waals surface area contributed by atoms with Crippen molar-refractivity contribution < 1.29 is 22.7 Å². The number of thioether (sulfide) groups is 1.